The molecule has 20 heavy (non-hydrogen) atoms. The fourth-order valence-electron chi connectivity index (χ4n) is 1.64. The molecule has 0 aliphatic carbocycles. The fourth-order valence-corrected chi connectivity index (χ4v) is 1.82. The normalized spacial score (nSPS) is 30.2. The third-order valence-corrected chi connectivity index (χ3v) is 3.08. The van der Waals surface area contributed by atoms with Crippen LogP contribution in [-0.2, 0) is 4.74 Å². The first-order valence-electron chi connectivity index (χ1n) is 5.73. The van der Waals surface area contributed by atoms with Gasteiger partial charge >= 0.3 is 0 Å². The molecule has 7 N–H and O–H groups in total. The van der Waals surface area contributed by atoms with Gasteiger partial charge in [0, 0.05) is 6.21 Å². The first-order valence-corrected chi connectivity index (χ1v) is 6.14. The smallest absolute Gasteiger partial charge is 0.283 e. The molecule has 3 unspecified atom stereocenters. The Hall–Kier alpha value is -0.720. The predicted molar refractivity (Wildman–Crippen MR) is 69.1 cm³/mol. The van der Waals surface area contributed by atoms with E-state index in [2.05, 4.69) is 17.2 Å². The van der Waals surface area contributed by atoms with E-state index in [1.807, 2.05) is 0 Å². The van der Waals surface area contributed by atoms with E-state index in [1.54, 1.807) is 0 Å². The first kappa shape index (κ1) is 17.3. The van der Waals surface area contributed by atoms with Gasteiger partial charge in [-0.2, -0.15) is 0 Å². The lowest BCUT2D eigenvalue weighted by atomic mass is 9.94. The molecule has 0 saturated heterocycles. The number of nitrogens with zero attached hydrogens (tertiary/aromatic N) is 1. The van der Waals surface area contributed by atoms with Crippen LogP contribution in [-0.4, -0.2) is 96.5 Å². The minimum absolute atomic E-state index is 0.267. The summed E-state index contributed by atoms with van der Waals surface area (Å²) in [6.07, 6.45) is -11.1. The summed E-state index contributed by atoms with van der Waals surface area (Å²) in [7, 11) is 0. The molecule has 0 amide bonds. The number of aliphatic hydroxyl groups is 7. The third kappa shape index (κ3) is 3.90. The van der Waals surface area contributed by atoms with E-state index >= 15 is 0 Å². The van der Waals surface area contributed by atoms with Crippen LogP contribution in [0.25, 0.3) is 0 Å². The van der Waals surface area contributed by atoms with Gasteiger partial charge in [0.25, 0.3) is 5.17 Å². The van der Waals surface area contributed by atoms with Gasteiger partial charge in [0.1, 0.15) is 36.6 Å². The van der Waals surface area contributed by atoms with Crippen molar-refractivity contribution in [2.45, 2.75) is 42.7 Å². The summed E-state index contributed by atoms with van der Waals surface area (Å²) in [5.74, 6) is 0. The van der Waals surface area contributed by atoms with Crippen molar-refractivity contribution in [2.24, 2.45) is 4.99 Å². The number of thiocarbonyl (C=S) groups is 1. The van der Waals surface area contributed by atoms with E-state index in [0.717, 1.165) is 6.21 Å². The molecule has 0 aromatic rings. The molecule has 0 aromatic heterocycles. The average Bonchev–Trinajstić information content (AvgIpc) is 2.45. The molecule has 0 fully saturated rings. The molecule has 1 rings (SSSR count). The van der Waals surface area contributed by atoms with Gasteiger partial charge in [0.05, 0.1) is 6.61 Å². The molecule has 0 saturated carbocycles. The van der Waals surface area contributed by atoms with Crippen molar-refractivity contribution in [3.63, 3.8) is 0 Å². The fraction of sp³-hybridized carbons (Fsp3) is 0.800. The van der Waals surface area contributed by atoms with Crippen molar-refractivity contribution >= 4 is 23.6 Å². The lowest BCUT2D eigenvalue weighted by molar-refractivity contribution is -0.163. The summed E-state index contributed by atoms with van der Waals surface area (Å²) in [6.45, 7) is -0.847. The molecule has 9 nitrogen and oxygen atoms in total. The summed E-state index contributed by atoms with van der Waals surface area (Å²) in [5.41, 5.74) is 0. The van der Waals surface area contributed by atoms with Crippen molar-refractivity contribution in [3.8, 4) is 0 Å². The lowest BCUT2D eigenvalue weighted by Gasteiger charge is -2.34. The maximum absolute atomic E-state index is 9.83. The molecule has 10 heteroatoms. The second-order valence-corrected chi connectivity index (χ2v) is 4.68. The molecule has 0 spiro atoms. The van der Waals surface area contributed by atoms with E-state index in [9.17, 15) is 25.5 Å². The van der Waals surface area contributed by atoms with Gasteiger partial charge in [0.2, 0.25) is 0 Å². The standard InChI is InChI=1S/C10H17NO8S/c12-2-4(14)5(15)6(16)7(17)8(18)9-3(13)1-11-10(20)19-9/h1,3-9,12-18H,2H2/t3?,4-,5-,6+,7-,8?,9?/m1/s1. The van der Waals surface area contributed by atoms with Crippen LogP contribution in [0, 0.1) is 0 Å². The van der Waals surface area contributed by atoms with Gasteiger partial charge in [-0.3, -0.25) is 0 Å². The zero-order valence-electron chi connectivity index (χ0n) is 10.2. The zero-order valence-corrected chi connectivity index (χ0v) is 11.0. The minimum Gasteiger partial charge on any atom is -0.460 e. The molecule has 0 aromatic carbocycles. The summed E-state index contributed by atoms with van der Waals surface area (Å²) in [5, 5.41) is 65.7. The number of ether oxygens (including phenoxy) is 1. The monoisotopic (exact) mass is 311 g/mol. The summed E-state index contributed by atoms with van der Waals surface area (Å²) in [4.78, 5) is 3.48. The van der Waals surface area contributed by atoms with Crippen LogP contribution in [0.2, 0.25) is 0 Å². The van der Waals surface area contributed by atoms with Gasteiger partial charge in [-0.15, -0.1) is 0 Å². The third-order valence-electron chi connectivity index (χ3n) is 2.87. The number of hydrogen-bond donors (Lipinski definition) is 7. The van der Waals surface area contributed by atoms with E-state index < -0.39 is 49.3 Å². The molecule has 116 valence electrons. The highest BCUT2D eigenvalue weighted by atomic mass is 32.1. The van der Waals surface area contributed by atoms with Crippen LogP contribution in [0.3, 0.4) is 0 Å². The summed E-state index contributed by atoms with van der Waals surface area (Å²) in [6, 6.07) is 0. The predicted octanol–water partition coefficient (Wildman–Crippen LogP) is -4.10. The Bertz CT molecular complexity index is 367. The van der Waals surface area contributed by atoms with Crippen molar-refractivity contribution in [2.75, 3.05) is 6.61 Å². The molecule has 7 atom stereocenters. The summed E-state index contributed by atoms with van der Waals surface area (Å²) >= 11 is 4.61. The minimum atomic E-state index is -1.98. The highest BCUT2D eigenvalue weighted by Gasteiger charge is 2.41. The average molecular weight is 311 g/mol. The first-order chi connectivity index (χ1) is 9.29. The van der Waals surface area contributed by atoms with Crippen LogP contribution in [0.15, 0.2) is 4.99 Å². The molecule has 0 bridgehead atoms. The van der Waals surface area contributed by atoms with Crippen molar-refractivity contribution in [1.29, 1.82) is 0 Å². The van der Waals surface area contributed by atoms with E-state index in [4.69, 9.17) is 14.9 Å². The lowest BCUT2D eigenvalue weighted by Crippen LogP contribution is -2.56. The van der Waals surface area contributed by atoms with Gasteiger partial charge in [-0.25, -0.2) is 4.99 Å². The Balaban J connectivity index is 2.73. The van der Waals surface area contributed by atoms with Crippen LogP contribution in [0.1, 0.15) is 0 Å². The molecule has 0 radical (unpaired) electrons. The second kappa shape index (κ2) is 7.33. The second-order valence-electron chi connectivity index (χ2n) is 4.33. The van der Waals surface area contributed by atoms with Gasteiger partial charge in [-0.1, -0.05) is 0 Å². The zero-order chi connectivity index (χ0) is 15.4. The molecular formula is C10H17NO8S. The Kier molecular flexibility index (Phi) is 6.36. The Labute approximate surface area is 119 Å². The van der Waals surface area contributed by atoms with Crippen molar-refractivity contribution in [1.82, 2.24) is 0 Å². The van der Waals surface area contributed by atoms with Crippen molar-refractivity contribution < 1.29 is 40.5 Å². The van der Waals surface area contributed by atoms with E-state index in [0.29, 0.717) is 0 Å². The SMILES string of the molecule is OC[C@@H](O)[C@@H](O)[C@H](O)[C@@H](O)C(O)C1OC(=S)N=CC1O. The van der Waals surface area contributed by atoms with Gasteiger partial charge in [-0.05, 0) is 12.2 Å². The Morgan fingerprint density at radius 1 is 1.15 bits per heavy atom. The molecule has 1 aliphatic heterocycles. The van der Waals surface area contributed by atoms with Gasteiger partial charge < -0.3 is 40.5 Å². The number of aliphatic imine (C=N–C) groups is 1. The maximum Gasteiger partial charge on any atom is 0.283 e. The molecule has 1 aliphatic rings. The summed E-state index contributed by atoms with van der Waals surface area (Å²) < 4.78 is 4.87. The largest absolute Gasteiger partial charge is 0.460 e. The van der Waals surface area contributed by atoms with Crippen LogP contribution in [0.5, 0.6) is 0 Å². The van der Waals surface area contributed by atoms with Crippen LogP contribution in [0.4, 0.5) is 0 Å². The Morgan fingerprint density at radius 2 is 1.75 bits per heavy atom. The number of hydrogen-bond acceptors (Lipinski definition) is 9. The molecular weight excluding hydrogens is 294 g/mol. The highest BCUT2D eigenvalue weighted by Crippen LogP contribution is 2.17. The number of rotatable bonds is 6. The van der Waals surface area contributed by atoms with Gasteiger partial charge in [0.15, 0.2) is 6.10 Å². The van der Waals surface area contributed by atoms with Crippen LogP contribution >= 0.6 is 12.2 Å². The topological polar surface area (TPSA) is 163 Å². The van der Waals surface area contributed by atoms with E-state index in [-0.39, 0.29) is 5.17 Å². The quantitative estimate of drug-likeness (QED) is 0.241. The Morgan fingerprint density at radius 3 is 2.30 bits per heavy atom. The molecule has 1 heterocycles. The highest BCUT2D eigenvalue weighted by molar-refractivity contribution is 7.80. The van der Waals surface area contributed by atoms with E-state index in [1.165, 1.54) is 0 Å². The van der Waals surface area contributed by atoms with Crippen LogP contribution < -0.4 is 0 Å². The maximum atomic E-state index is 9.83. The number of aliphatic hydroxyl groups excluding tert-OH is 7. The van der Waals surface area contributed by atoms with Crippen molar-refractivity contribution in [3.05, 3.63) is 0 Å².